The first-order valence-corrected chi connectivity index (χ1v) is 8.78. The minimum atomic E-state index is -0.428. The molecule has 3 rings (SSSR count). The van der Waals surface area contributed by atoms with Gasteiger partial charge >= 0.3 is 11.9 Å². The van der Waals surface area contributed by atoms with Crippen molar-refractivity contribution in [2.45, 2.75) is 6.92 Å². The Morgan fingerprint density at radius 1 is 0.966 bits per heavy atom. The number of carbonyl (C=O) groups is 2. The number of rotatable bonds is 7. The highest BCUT2D eigenvalue weighted by molar-refractivity contribution is 5.91. The van der Waals surface area contributed by atoms with Crippen LogP contribution in [0.1, 0.15) is 27.6 Å². The topological polar surface area (TPSA) is 115 Å². The minimum Gasteiger partial charge on any atom is -0.465 e. The minimum absolute atomic E-state index is 0.267. The van der Waals surface area contributed by atoms with Crippen molar-refractivity contribution in [3.8, 4) is 0 Å². The fourth-order valence-electron chi connectivity index (χ4n) is 2.44. The number of anilines is 4. The van der Waals surface area contributed by atoms with Crippen LogP contribution in [0.2, 0.25) is 0 Å². The van der Waals surface area contributed by atoms with Crippen molar-refractivity contribution < 1.29 is 19.1 Å². The van der Waals surface area contributed by atoms with Crippen LogP contribution < -0.4 is 10.6 Å². The summed E-state index contributed by atoms with van der Waals surface area (Å²) in [4.78, 5) is 27.7. The van der Waals surface area contributed by atoms with Gasteiger partial charge in [-0.05, 0) is 49.4 Å². The van der Waals surface area contributed by atoms with E-state index < -0.39 is 5.97 Å². The Labute approximate surface area is 167 Å². The Morgan fingerprint density at radius 2 is 1.76 bits per heavy atom. The fraction of sp³-hybridized carbons (Fsp3) is 0.150. The highest BCUT2D eigenvalue weighted by atomic mass is 16.5. The van der Waals surface area contributed by atoms with Gasteiger partial charge < -0.3 is 20.1 Å². The first kappa shape index (κ1) is 19.7. The van der Waals surface area contributed by atoms with E-state index in [-0.39, 0.29) is 11.9 Å². The summed E-state index contributed by atoms with van der Waals surface area (Å²) in [7, 11) is 1.33. The SMILES string of the molecule is CCOC(=O)c1ccc(Nc2nncc(Nc3cccc(C(=O)OC)c3)n2)cc1. The lowest BCUT2D eigenvalue weighted by Gasteiger charge is -2.09. The molecule has 1 aromatic heterocycles. The molecule has 0 aliphatic carbocycles. The van der Waals surface area contributed by atoms with E-state index in [9.17, 15) is 9.59 Å². The zero-order chi connectivity index (χ0) is 20.6. The summed E-state index contributed by atoms with van der Waals surface area (Å²) in [6.07, 6.45) is 1.46. The Hall–Kier alpha value is -4.01. The van der Waals surface area contributed by atoms with Gasteiger partial charge in [0.05, 0.1) is 31.0 Å². The third-order valence-corrected chi connectivity index (χ3v) is 3.77. The molecule has 0 unspecified atom stereocenters. The zero-order valence-corrected chi connectivity index (χ0v) is 15.9. The number of nitrogens with zero attached hydrogens (tertiary/aromatic N) is 3. The van der Waals surface area contributed by atoms with Gasteiger partial charge in [-0.3, -0.25) is 0 Å². The number of nitrogens with one attached hydrogen (secondary N) is 2. The largest absolute Gasteiger partial charge is 0.465 e. The van der Waals surface area contributed by atoms with Crippen molar-refractivity contribution in [3.63, 3.8) is 0 Å². The molecule has 9 nitrogen and oxygen atoms in total. The molecule has 2 N–H and O–H groups in total. The van der Waals surface area contributed by atoms with Gasteiger partial charge in [-0.2, -0.15) is 10.1 Å². The first-order chi connectivity index (χ1) is 14.1. The highest BCUT2D eigenvalue weighted by Crippen LogP contribution is 2.19. The van der Waals surface area contributed by atoms with E-state index >= 15 is 0 Å². The van der Waals surface area contributed by atoms with Crippen LogP contribution in [0.4, 0.5) is 23.1 Å². The molecule has 148 valence electrons. The van der Waals surface area contributed by atoms with Gasteiger partial charge in [0, 0.05) is 11.4 Å². The average Bonchev–Trinajstić information content (AvgIpc) is 2.74. The molecule has 0 saturated carbocycles. The summed E-state index contributed by atoms with van der Waals surface area (Å²) >= 11 is 0. The first-order valence-electron chi connectivity index (χ1n) is 8.78. The van der Waals surface area contributed by atoms with Crippen molar-refractivity contribution in [2.24, 2.45) is 0 Å². The van der Waals surface area contributed by atoms with Crippen molar-refractivity contribution in [3.05, 3.63) is 65.9 Å². The molecule has 0 amide bonds. The van der Waals surface area contributed by atoms with Gasteiger partial charge in [-0.15, -0.1) is 5.10 Å². The number of carbonyl (C=O) groups excluding carboxylic acids is 2. The maximum absolute atomic E-state index is 11.7. The summed E-state index contributed by atoms with van der Waals surface area (Å²) in [6.45, 7) is 2.07. The average molecular weight is 393 g/mol. The Kier molecular flexibility index (Phi) is 6.31. The molecule has 0 spiro atoms. The zero-order valence-electron chi connectivity index (χ0n) is 15.9. The van der Waals surface area contributed by atoms with Gasteiger partial charge in [0.1, 0.15) is 0 Å². The molecule has 3 aromatic rings. The van der Waals surface area contributed by atoms with Crippen LogP contribution in [0.15, 0.2) is 54.7 Å². The van der Waals surface area contributed by atoms with Crippen LogP contribution in [0.3, 0.4) is 0 Å². The summed E-state index contributed by atoms with van der Waals surface area (Å²) in [5, 5.41) is 13.9. The Morgan fingerprint density at radius 3 is 2.48 bits per heavy atom. The molecule has 0 aliphatic heterocycles. The highest BCUT2D eigenvalue weighted by Gasteiger charge is 2.08. The molecule has 9 heteroatoms. The van der Waals surface area contributed by atoms with E-state index in [1.54, 1.807) is 55.5 Å². The number of methoxy groups -OCH3 is 1. The molecule has 29 heavy (non-hydrogen) atoms. The van der Waals surface area contributed by atoms with Gasteiger partial charge in [-0.1, -0.05) is 6.07 Å². The monoisotopic (exact) mass is 393 g/mol. The maximum atomic E-state index is 11.7. The van der Waals surface area contributed by atoms with E-state index in [1.807, 2.05) is 0 Å². The van der Waals surface area contributed by atoms with Crippen molar-refractivity contribution >= 4 is 35.1 Å². The molecular formula is C20H19N5O4. The van der Waals surface area contributed by atoms with Crippen LogP contribution in [0, 0.1) is 0 Å². The van der Waals surface area contributed by atoms with Crippen LogP contribution in [0.5, 0.6) is 0 Å². The quantitative estimate of drug-likeness (QED) is 0.583. The molecule has 0 atom stereocenters. The number of aromatic nitrogens is 3. The molecule has 1 heterocycles. The third-order valence-electron chi connectivity index (χ3n) is 3.77. The van der Waals surface area contributed by atoms with Gasteiger partial charge in [0.15, 0.2) is 5.82 Å². The summed E-state index contributed by atoms with van der Waals surface area (Å²) in [5.74, 6) is -0.101. The predicted molar refractivity (Wildman–Crippen MR) is 107 cm³/mol. The molecule has 0 bridgehead atoms. The van der Waals surface area contributed by atoms with Gasteiger partial charge in [-0.25, -0.2) is 9.59 Å². The van der Waals surface area contributed by atoms with E-state index in [1.165, 1.54) is 13.3 Å². The lowest BCUT2D eigenvalue weighted by molar-refractivity contribution is 0.0525. The van der Waals surface area contributed by atoms with Gasteiger partial charge in [0.25, 0.3) is 0 Å². The van der Waals surface area contributed by atoms with E-state index in [2.05, 4.69) is 25.8 Å². The Bertz CT molecular complexity index is 1010. The number of hydrogen-bond acceptors (Lipinski definition) is 9. The fourth-order valence-corrected chi connectivity index (χ4v) is 2.44. The lowest BCUT2D eigenvalue weighted by Crippen LogP contribution is -2.05. The van der Waals surface area contributed by atoms with Crippen LogP contribution >= 0.6 is 0 Å². The van der Waals surface area contributed by atoms with Crippen LogP contribution in [0.25, 0.3) is 0 Å². The van der Waals surface area contributed by atoms with Crippen LogP contribution in [-0.2, 0) is 9.47 Å². The number of ether oxygens (including phenoxy) is 2. The van der Waals surface area contributed by atoms with Crippen LogP contribution in [-0.4, -0.2) is 40.8 Å². The number of benzene rings is 2. The second kappa shape index (κ2) is 9.27. The van der Waals surface area contributed by atoms with E-state index in [4.69, 9.17) is 9.47 Å². The molecule has 0 aliphatic rings. The van der Waals surface area contributed by atoms with Crippen molar-refractivity contribution in [1.82, 2.24) is 15.2 Å². The normalized spacial score (nSPS) is 10.1. The number of hydrogen-bond donors (Lipinski definition) is 2. The summed E-state index contributed by atoms with van der Waals surface area (Å²) in [5.41, 5.74) is 2.21. The molecular weight excluding hydrogens is 374 g/mol. The van der Waals surface area contributed by atoms with Gasteiger partial charge in [0.2, 0.25) is 5.95 Å². The third kappa shape index (κ3) is 5.25. The second-order valence-electron chi connectivity index (χ2n) is 5.79. The Balaban J connectivity index is 1.70. The van der Waals surface area contributed by atoms with E-state index in [0.717, 1.165) is 0 Å². The second-order valence-corrected chi connectivity index (χ2v) is 5.79. The summed E-state index contributed by atoms with van der Waals surface area (Å²) in [6, 6.07) is 13.5. The number of esters is 2. The molecule has 0 fully saturated rings. The lowest BCUT2D eigenvalue weighted by atomic mass is 10.2. The molecule has 0 radical (unpaired) electrons. The molecule has 0 saturated heterocycles. The standard InChI is InChI=1S/C20H19N5O4/c1-3-29-19(27)13-7-9-15(10-8-13)23-20-24-17(12-21-25-20)22-16-6-4-5-14(11-16)18(26)28-2/h4-12H,3H2,1-2H3,(H2,22,23,24,25). The van der Waals surface area contributed by atoms with Crippen molar-refractivity contribution in [2.75, 3.05) is 24.4 Å². The summed E-state index contributed by atoms with van der Waals surface area (Å²) < 4.78 is 9.68. The predicted octanol–water partition coefficient (Wildman–Crippen LogP) is 3.32. The smallest absolute Gasteiger partial charge is 0.338 e. The van der Waals surface area contributed by atoms with Crippen molar-refractivity contribution in [1.29, 1.82) is 0 Å². The molecule has 2 aromatic carbocycles. The van der Waals surface area contributed by atoms with E-state index in [0.29, 0.717) is 34.9 Å². The maximum Gasteiger partial charge on any atom is 0.338 e.